The molecule has 0 aliphatic heterocycles. The van der Waals surface area contributed by atoms with Gasteiger partial charge in [0.05, 0.1) is 6.61 Å². The van der Waals surface area contributed by atoms with Crippen molar-refractivity contribution in [1.82, 2.24) is 4.90 Å². The minimum atomic E-state index is 0.229. The Morgan fingerprint density at radius 2 is 2.00 bits per heavy atom. The van der Waals surface area contributed by atoms with Gasteiger partial charge in [0.15, 0.2) is 0 Å². The Labute approximate surface area is 98.2 Å². The molecule has 0 heterocycles. The number of nitrogens with zero attached hydrogens (tertiary/aromatic N) is 1. The van der Waals surface area contributed by atoms with Crippen molar-refractivity contribution in [2.45, 2.75) is 13.8 Å². The summed E-state index contributed by atoms with van der Waals surface area (Å²) in [6.45, 7) is 7.12. The van der Waals surface area contributed by atoms with E-state index < -0.39 is 0 Å². The molecule has 0 amide bonds. The second-order valence-electron chi connectivity index (χ2n) is 3.99. The maximum absolute atomic E-state index is 8.91. The van der Waals surface area contributed by atoms with Gasteiger partial charge in [0.1, 0.15) is 0 Å². The molecule has 1 aromatic rings. The number of aliphatic hydroxyl groups excluding tert-OH is 1. The van der Waals surface area contributed by atoms with Gasteiger partial charge in [-0.3, -0.25) is 4.90 Å². The lowest BCUT2D eigenvalue weighted by Crippen LogP contribution is -2.28. The molecule has 0 spiro atoms. The molecule has 0 aliphatic carbocycles. The molecular formula is C14H21NO. The van der Waals surface area contributed by atoms with Gasteiger partial charge in [-0.15, -0.1) is 0 Å². The first-order valence-corrected chi connectivity index (χ1v) is 5.81. The summed E-state index contributed by atoms with van der Waals surface area (Å²) in [5.74, 6) is 0. The van der Waals surface area contributed by atoms with Crippen LogP contribution in [-0.4, -0.2) is 36.2 Å². The van der Waals surface area contributed by atoms with Crippen LogP contribution < -0.4 is 0 Å². The predicted octanol–water partition coefficient (Wildman–Crippen LogP) is 2.40. The Kier molecular flexibility index (Phi) is 5.83. The van der Waals surface area contributed by atoms with Gasteiger partial charge in [-0.05, 0) is 19.0 Å². The summed E-state index contributed by atoms with van der Waals surface area (Å²) in [6.07, 6.45) is 2.19. The van der Waals surface area contributed by atoms with Gasteiger partial charge in [0.2, 0.25) is 0 Å². The molecule has 0 radical (unpaired) electrons. The first kappa shape index (κ1) is 12.9. The van der Waals surface area contributed by atoms with Crippen molar-refractivity contribution in [3.8, 4) is 0 Å². The van der Waals surface area contributed by atoms with Crippen LogP contribution in [0.2, 0.25) is 0 Å². The average Bonchev–Trinajstić information content (AvgIpc) is 2.29. The molecule has 2 heteroatoms. The van der Waals surface area contributed by atoms with Crippen molar-refractivity contribution in [2.24, 2.45) is 0 Å². The van der Waals surface area contributed by atoms with Gasteiger partial charge in [-0.1, -0.05) is 48.9 Å². The van der Waals surface area contributed by atoms with Gasteiger partial charge in [0, 0.05) is 13.1 Å². The topological polar surface area (TPSA) is 23.5 Å². The maximum Gasteiger partial charge on any atom is 0.0558 e. The van der Waals surface area contributed by atoms with Gasteiger partial charge in [-0.2, -0.15) is 0 Å². The summed E-state index contributed by atoms with van der Waals surface area (Å²) < 4.78 is 0. The second-order valence-corrected chi connectivity index (χ2v) is 3.99. The largest absolute Gasteiger partial charge is 0.395 e. The Hall–Kier alpha value is -1.12. The number of aliphatic hydroxyl groups is 1. The zero-order chi connectivity index (χ0) is 11.8. The van der Waals surface area contributed by atoms with E-state index in [1.807, 2.05) is 18.2 Å². The minimum absolute atomic E-state index is 0.229. The third kappa shape index (κ3) is 4.60. The van der Waals surface area contributed by atoms with Crippen LogP contribution in [-0.2, 0) is 0 Å². The molecule has 1 N–H and O–H groups in total. The third-order valence-corrected chi connectivity index (χ3v) is 2.55. The number of rotatable bonds is 6. The highest BCUT2D eigenvalue weighted by Gasteiger charge is 2.01. The molecule has 0 aliphatic rings. The molecule has 0 unspecified atom stereocenters. The van der Waals surface area contributed by atoms with E-state index in [2.05, 4.69) is 37.0 Å². The van der Waals surface area contributed by atoms with E-state index in [1.54, 1.807) is 0 Å². The van der Waals surface area contributed by atoms with Crippen LogP contribution in [0.25, 0.3) is 6.08 Å². The van der Waals surface area contributed by atoms with Crippen LogP contribution in [0.5, 0.6) is 0 Å². The van der Waals surface area contributed by atoms with Crippen molar-refractivity contribution in [2.75, 3.05) is 26.2 Å². The van der Waals surface area contributed by atoms with Crippen LogP contribution in [0.15, 0.2) is 35.9 Å². The lowest BCUT2D eigenvalue weighted by molar-refractivity contribution is 0.212. The molecule has 0 aromatic heterocycles. The fourth-order valence-electron chi connectivity index (χ4n) is 1.72. The monoisotopic (exact) mass is 219 g/mol. The minimum Gasteiger partial charge on any atom is -0.395 e. The molecule has 2 nitrogen and oxygen atoms in total. The molecule has 1 aromatic carbocycles. The molecule has 0 fully saturated rings. The molecule has 88 valence electrons. The zero-order valence-electron chi connectivity index (χ0n) is 10.2. The molecule has 0 saturated carbocycles. The van der Waals surface area contributed by atoms with Crippen LogP contribution >= 0.6 is 0 Å². The summed E-state index contributed by atoms with van der Waals surface area (Å²) >= 11 is 0. The van der Waals surface area contributed by atoms with E-state index in [-0.39, 0.29) is 6.61 Å². The fourth-order valence-corrected chi connectivity index (χ4v) is 1.72. The van der Waals surface area contributed by atoms with E-state index >= 15 is 0 Å². The highest BCUT2D eigenvalue weighted by molar-refractivity contribution is 5.52. The van der Waals surface area contributed by atoms with Crippen molar-refractivity contribution in [3.05, 3.63) is 41.5 Å². The number of hydrogen-bond donors (Lipinski definition) is 1. The van der Waals surface area contributed by atoms with Crippen molar-refractivity contribution in [3.63, 3.8) is 0 Å². The average molecular weight is 219 g/mol. The summed E-state index contributed by atoms with van der Waals surface area (Å²) in [6, 6.07) is 10.3. The molecule has 0 atom stereocenters. The van der Waals surface area contributed by atoms with Crippen molar-refractivity contribution < 1.29 is 5.11 Å². The molecular weight excluding hydrogens is 198 g/mol. The van der Waals surface area contributed by atoms with E-state index in [1.165, 1.54) is 11.1 Å². The smallest absolute Gasteiger partial charge is 0.0558 e. The lowest BCUT2D eigenvalue weighted by Gasteiger charge is -2.19. The Balaban J connectivity index is 2.57. The van der Waals surface area contributed by atoms with Crippen LogP contribution in [0.4, 0.5) is 0 Å². The Bertz CT molecular complexity index is 319. The van der Waals surface area contributed by atoms with Gasteiger partial charge in [0.25, 0.3) is 0 Å². The number of benzene rings is 1. The van der Waals surface area contributed by atoms with Gasteiger partial charge in [-0.25, -0.2) is 0 Å². The predicted molar refractivity (Wildman–Crippen MR) is 69.3 cm³/mol. The summed E-state index contributed by atoms with van der Waals surface area (Å²) in [5.41, 5.74) is 2.56. The molecule has 16 heavy (non-hydrogen) atoms. The highest BCUT2D eigenvalue weighted by atomic mass is 16.3. The molecule has 1 rings (SSSR count). The lowest BCUT2D eigenvalue weighted by atomic mass is 10.1. The summed E-state index contributed by atoms with van der Waals surface area (Å²) in [5, 5.41) is 8.91. The number of likely N-dealkylation sites (N-methyl/N-ethyl adjacent to an activating group) is 1. The highest BCUT2D eigenvalue weighted by Crippen LogP contribution is 2.07. The van der Waals surface area contributed by atoms with Crippen molar-refractivity contribution >= 4 is 6.08 Å². The summed E-state index contributed by atoms with van der Waals surface area (Å²) in [4.78, 5) is 2.23. The maximum atomic E-state index is 8.91. The van der Waals surface area contributed by atoms with Gasteiger partial charge < -0.3 is 5.11 Å². The summed E-state index contributed by atoms with van der Waals surface area (Å²) in [7, 11) is 0. The van der Waals surface area contributed by atoms with Crippen molar-refractivity contribution in [1.29, 1.82) is 0 Å². The van der Waals surface area contributed by atoms with E-state index in [0.29, 0.717) is 0 Å². The Morgan fingerprint density at radius 3 is 2.56 bits per heavy atom. The van der Waals surface area contributed by atoms with Crippen LogP contribution in [0.1, 0.15) is 19.4 Å². The van der Waals surface area contributed by atoms with E-state index in [4.69, 9.17) is 5.11 Å². The molecule has 0 bridgehead atoms. The number of hydrogen-bond acceptors (Lipinski definition) is 2. The van der Waals surface area contributed by atoms with Crippen LogP contribution in [0.3, 0.4) is 0 Å². The second kappa shape index (κ2) is 7.20. The van der Waals surface area contributed by atoms with E-state index in [9.17, 15) is 0 Å². The zero-order valence-corrected chi connectivity index (χ0v) is 10.2. The third-order valence-electron chi connectivity index (χ3n) is 2.55. The molecule has 0 saturated heterocycles. The first-order chi connectivity index (χ1) is 7.76. The van der Waals surface area contributed by atoms with Gasteiger partial charge >= 0.3 is 0 Å². The van der Waals surface area contributed by atoms with Crippen LogP contribution in [0, 0.1) is 0 Å². The quantitative estimate of drug-likeness (QED) is 0.794. The van der Waals surface area contributed by atoms with E-state index in [0.717, 1.165) is 19.6 Å². The standard InChI is InChI=1S/C14H21NO/c1-3-15(9-10-16)12-13(2)11-14-7-5-4-6-8-14/h4-8,11,16H,3,9-10,12H2,1-2H3/b13-11+. The normalized spacial score (nSPS) is 12.1. The fraction of sp³-hybridized carbons (Fsp3) is 0.429. The SMILES string of the molecule is CCN(CCO)C/C(C)=C/c1ccccc1. The first-order valence-electron chi connectivity index (χ1n) is 5.81. The Morgan fingerprint density at radius 1 is 1.31 bits per heavy atom.